The number of hydrogen-bond donors (Lipinski definition) is 5. The van der Waals surface area contributed by atoms with E-state index in [1.807, 2.05) is 13.8 Å². The van der Waals surface area contributed by atoms with Gasteiger partial charge in [-0.15, -0.1) is 0 Å². The summed E-state index contributed by atoms with van der Waals surface area (Å²) in [5.74, 6) is 6.20. The van der Waals surface area contributed by atoms with Crippen molar-refractivity contribution in [3.05, 3.63) is 6.20 Å². The number of hydrogen-bond acceptors (Lipinski definition) is 7. The van der Waals surface area contributed by atoms with E-state index in [1.54, 1.807) is 6.20 Å². The van der Waals surface area contributed by atoms with E-state index in [1.165, 1.54) is 0 Å². The third kappa shape index (κ3) is 2.74. The molecule has 8 heteroatoms. The molecule has 0 aliphatic heterocycles. The molecule has 2 aromatic heterocycles. The number of fused-ring (bicyclic) bond motifs is 1. The van der Waals surface area contributed by atoms with Gasteiger partial charge in [-0.3, -0.25) is 10.5 Å². The molecule has 0 aliphatic carbocycles. The first kappa shape index (κ1) is 13.5. The third-order valence-corrected chi connectivity index (χ3v) is 3.34. The van der Waals surface area contributed by atoms with Gasteiger partial charge in [0.05, 0.1) is 17.2 Å². The van der Waals surface area contributed by atoms with Crippen molar-refractivity contribution in [2.45, 2.75) is 32.3 Å². The summed E-state index contributed by atoms with van der Waals surface area (Å²) in [6, 6.07) is 0. The van der Waals surface area contributed by atoms with Gasteiger partial charge in [0.1, 0.15) is 5.82 Å². The average Bonchev–Trinajstić information content (AvgIpc) is 2.92. The summed E-state index contributed by atoms with van der Waals surface area (Å²) in [7, 11) is 0. The number of nitrogens with two attached hydrogens (primary N) is 1. The summed E-state index contributed by atoms with van der Waals surface area (Å²) in [6.07, 6.45) is 2.96. The van der Waals surface area contributed by atoms with Crippen molar-refractivity contribution in [1.29, 1.82) is 0 Å². The van der Waals surface area contributed by atoms with Crippen LogP contribution in [0.1, 0.15) is 26.7 Å². The molecule has 2 heterocycles. The fourth-order valence-corrected chi connectivity index (χ4v) is 1.78. The number of nitrogens with zero attached hydrogens (tertiary/aromatic N) is 3. The highest BCUT2D eigenvalue weighted by Crippen LogP contribution is 2.22. The first-order valence-corrected chi connectivity index (χ1v) is 6.26. The van der Waals surface area contributed by atoms with Crippen molar-refractivity contribution in [2.24, 2.45) is 5.84 Å². The van der Waals surface area contributed by atoms with Gasteiger partial charge >= 0.3 is 0 Å². The number of nitrogen functional groups attached to an aromatic ring is 1. The number of anilines is 2. The van der Waals surface area contributed by atoms with Gasteiger partial charge in [-0.05, 0) is 12.8 Å². The molecule has 2 aromatic rings. The van der Waals surface area contributed by atoms with Crippen LogP contribution in [0.5, 0.6) is 0 Å². The highest BCUT2D eigenvalue weighted by atomic mass is 16.3. The van der Waals surface area contributed by atoms with E-state index in [0.29, 0.717) is 30.9 Å². The highest BCUT2D eigenvalue weighted by Gasteiger charge is 2.22. The third-order valence-electron chi connectivity index (χ3n) is 3.34. The van der Waals surface area contributed by atoms with Crippen LogP contribution in [0.25, 0.3) is 11.0 Å². The molecule has 0 amide bonds. The quantitative estimate of drug-likeness (QED) is 0.382. The van der Waals surface area contributed by atoms with E-state index in [9.17, 15) is 5.11 Å². The Bertz CT molecular complexity index is 549. The van der Waals surface area contributed by atoms with Gasteiger partial charge in [-0.25, -0.2) is 5.84 Å². The molecular weight excluding hydrogens is 246 g/mol. The zero-order valence-corrected chi connectivity index (χ0v) is 11.1. The molecule has 0 bridgehead atoms. The van der Waals surface area contributed by atoms with Crippen molar-refractivity contribution < 1.29 is 5.11 Å². The molecule has 0 unspecified atom stereocenters. The zero-order valence-electron chi connectivity index (χ0n) is 11.1. The first-order valence-electron chi connectivity index (χ1n) is 6.26. The van der Waals surface area contributed by atoms with Crippen LogP contribution in [0.15, 0.2) is 6.20 Å². The minimum absolute atomic E-state index is 0.288. The Hall–Kier alpha value is -1.93. The molecule has 104 valence electrons. The Kier molecular flexibility index (Phi) is 3.82. The Morgan fingerprint density at radius 1 is 1.37 bits per heavy atom. The standard InChI is InChI=1S/C11H19N7O/c1-3-11(19,4-2)6-13-8-7-5-14-18-9(7)16-10(15-8)17-12/h5,19H,3-4,6,12H2,1-2H3,(H3,13,14,15,16,17,18). The van der Waals surface area contributed by atoms with Crippen molar-refractivity contribution in [1.82, 2.24) is 20.2 Å². The first-order chi connectivity index (χ1) is 9.11. The number of aromatic amines is 1. The van der Waals surface area contributed by atoms with E-state index in [4.69, 9.17) is 5.84 Å². The van der Waals surface area contributed by atoms with Crippen molar-refractivity contribution >= 4 is 22.8 Å². The molecule has 0 saturated carbocycles. The number of aromatic nitrogens is 4. The molecule has 0 atom stereocenters. The lowest BCUT2D eigenvalue weighted by atomic mass is 9.98. The van der Waals surface area contributed by atoms with Crippen LogP contribution in [0, 0.1) is 0 Å². The summed E-state index contributed by atoms with van der Waals surface area (Å²) in [5.41, 5.74) is 2.23. The maximum atomic E-state index is 10.3. The summed E-state index contributed by atoms with van der Waals surface area (Å²) >= 11 is 0. The maximum absolute atomic E-state index is 10.3. The Morgan fingerprint density at radius 3 is 2.74 bits per heavy atom. The molecule has 8 nitrogen and oxygen atoms in total. The van der Waals surface area contributed by atoms with Gasteiger partial charge in [0.15, 0.2) is 5.65 Å². The smallest absolute Gasteiger partial charge is 0.241 e. The van der Waals surface area contributed by atoms with E-state index < -0.39 is 5.60 Å². The lowest BCUT2D eigenvalue weighted by Gasteiger charge is -2.25. The van der Waals surface area contributed by atoms with Crippen LogP contribution in [0.4, 0.5) is 11.8 Å². The van der Waals surface area contributed by atoms with Gasteiger partial charge in [0.25, 0.3) is 0 Å². The largest absolute Gasteiger partial charge is 0.388 e. The number of nitrogens with one attached hydrogen (secondary N) is 3. The van der Waals surface area contributed by atoms with Crippen molar-refractivity contribution in [3.8, 4) is 0 Å². The van der Waals surface area contributed by atoms with E-state index in [2.05, 4.69) is 30.9 Å². The zero-order chi connectivity index (χ0) is 13.9. The van der Waals surface area contributed by atoms with Crippen LogP contribution in [-0.4, -0.2) is 37.4 Å². The molecule has 0 aliphatic rings. The predicted octanol–water partition coefficient (Wildman–Crippen LogP) is 0.602. The van der Waals surface area contributed by atoms with Crippen LogP contribution < -0.4 is 16.6 Å². The highest BCUT2D eigenvalue weighted by molar-refractivity contribution is 5.86. The van der Waals surface area contributed by atoms with E-state index in [-0.39, 0.29) is 5.95 Å². The summed E-state index contributed by atoms with van der Waals surface area (Å²) < 4.78 is 0. The molecule has 0 saturated heterocycles. The molecule has 19 heavy (non-hydrogen) atoms. The van der Waals surface area contributed by atoms with Crippen LogP contribution in [0.3, 0.4) is 0 Å². The molecule has 2 rings (SSSR count). The number of hydrazine groups is 1. The number of aliphatic hydroxyl groups is 1. The molecule has 0 aromatic carbocycles. The van der Waals surface area contributed by atoms with Gasteiger partial charge in [-0.1, -0.05) is 13.8 Å². The van der Waals surface area contributed by atoms with Gasteiger partial charge < -0.3 is 10.4 Å². The molecule has 6 N–H and O–H groups in total. The topological polar surface area (TPSA) is 125 Å². The van der Waals surface area contributed by atoms with Crippen LogP contribution >= 0.6 is 0 Å². The maximum Gasteiger partial charge on any atom is 0.241 e. The van der Waals surface area contributed by atoms with Crippen molar-refractivity contribution in [3.63, 3.8) is 0 Å². The lowest BCUT2D eigenvalue weighted by molar-refractivity contribution is 0.0456. The minimum atomic E-state index is -0.753. The second kappa shape index (κ2) is 5.37. The fraction of sp³-hybridized carbons (Fsp3) is 0.545. The molecule has 0 spiro atoms. The Labute approximate surface area is 110 Å². The summed E-state index contributed by atoms with van der Waals surface area (Å²) in [5, 5.41) is 20.8. The average molecular weight is 265 g/mol. The minimum Gasteiger partial charge on any atom is -0.388 e. The Morgan fingerprint density at radius 2 is 2.11 bits per heavy atom. The number of H-pyrrole nitrogens is 1. The summed E-state index contributed by atoms with van der Waals surface area (Å²) in [4.78, 5) is 8.37. The van der Waals surface area contributed by atoms with Crippen LogP contribution in [-0.2, 0) is 0 Å². The fourth-order valence-electron chi connectivity index (χ4n) is 1.78. The molecule has 0 fully saturated rings. The molecule has 0 radical (unpaired) electrons. The second-order valence-electron chi connectivity index (χ2n) is 4.46. The van der Waals surface area contributed by atoms with E-state index >= 15 is 0 Å². The monoisotopic (exact) mass is 265 g/mol. The van der Waals surface area contributed by atoms with E-state index in [0.717, 1.165) is 5.39 Å². The summed E-state index contributed by atoms with van der Waals surface area (Å²) in [6.45, 7) is 4.30. The Balaban J connectivity index is 2.26. The van der Waals surface area contributed by atoms with Crippen LogP contribution in [0.2, 0.25) is 0 Å². The van der Waals surface area contributed by atoms with Crippen molar-refractivity contribution in [2.75, 3.05) is 17.3 Å². The lowest BCUT2D eigenvalue weighted by Crippen LogP contribution is -2.35. The SMILES string of the molecule is CCC(O)(CC)CNc1nc(NN)nc2[nH]ncc12. The van der Waals surface area contributed by atoms with Gasteiger partial charge in [0, 0.05) is 6.54 Å². The molecular formula is C11H19N7O. The normalized spacial score (nSPS) is 11.8. The predicted molar refractivity (Wildman–Crippen MR) is 73.5 cm³/mol. The second-order valence-corrected chi connectivity index (χ2v) is 4.46. The number of rotatable bonds is 6. The van der Waals surface area contributed by atoms with Gasteiger partial charge in [0.2, 0.25) is 5.95 Å². The van der Waals surface area contributed by atoms with Gasteiger partial charge in [-0.2, -0.15) is 15.1 Å².